The molecule has 1 saturated heterocycles. The van der Waals surface area contributed by atoms with Crippen LogP contribution in [0.1, 0.15) is 22.7 Å². The zero-order chi connectivity index (χ0) is 24.0. The van der Waals surface area contributed by atoms with Crippen LogP contribution in [-0.4, -0.2) is 28.9 Å². The minimum Gasteiger partial charge on any atom is -0.507 e. The molecule has 1 fully saturated rings. The molecule has 1 atom stereocenters. The van der Waals surface area contributed by atoms with Gasteiger partial charge in [-0.1, -0.05) is 29.5 Å². The summed E-state index contributed by atoms with van der Waals surface area (Å²) in [4.78, 5) is 32.7. The summed E-state index contributed by atoms with van der Waals surface area (Å²) in [5.41, 5.74) is 3.01. The molecule has 0 bridgehead atoms. The Morgan fingerprint density at radius 2 is 1.76 bits per heavy atom. The first-order valence-electron chi connectivity index (χ1n) is 10.5. The summed E-state index contributed by atoms with van der Waals surface area (Å²) in [5.74, 6) is -1.07. The van der Waals surface area contributed by atoms with Gasteiger partial charge in [-0.05, 0) is 89.2 Å². The van der Waals surface area contributed by atoms with E-state index < -0.39 is 17.7 Å². The largest absolute Gasteiger partial charge is 0.507 e. The molecular formula is C26H19IN2O4S. The average molecular weight is 582 g/mol. The molecule has 1 aliphatic heterocycles. The van der Waals surface area contributed by atoms with Crippen molar-refractivity contribution in [2.75, 3.05) is 12.0 Å². The van der Waals surface area contributed by atoms with Crippen molar-refractivity contribution in [1.82, 2.24) is 4.98 Å². The van der Waals surface area contributed by atoms with Crippen LogP contribution in [0.5, 0.6) is 5.75 Å². The number of hydrogen-bond donors (Lipinski definition) is 1. The Morgan fingerprint density at radius 1 is 1.06 bits per heavy atom. The van der Waals surface area contributed by atoms with E-state index in [0.717, 1.165) is 19.4 Å². The molecule has 5 rings (SSSR count). The van der Waals surface area contributed by atoms with Gasteiger partial charge in [-0.2, -0.15) is 0 Å². The Bertz CT molecular complexity index is 1460. The summed E-state index contributed by atoms with van der Waals surface area (Å²) in [5, 5.41) is 11.6. The van der Waals surface area contributed by atoms with Gasteiger partial charge in [-0.15, -0.1) is 0 Å². The highest BCUT2D eigenvalue weighted by Gasteiger charge is 2.48. The van der Waals surface area contributed by atoms with Crippen LogP contribution in [0.3, 0.4) is 0 Å². The van der Waals surface area contributed by atoms with Crippen LogP contribution >= 0.6 is 33.9 Å². The van der Waals surface area contributed by atoms with E-state index in [0.29, 0.717) is 22.0 Å². The number of methoxy groups -OCH3 is 1. The molecule has 170 valence electrons. The van der Waals surface area contributed by atoms with Gasteiger partial charge in [-0.25, -0.2) is 4.98 Å². The van der Waals surface area contributed by atoms with Gasteiger partial charge >= 0.3 is 5.91 Å². The van der Waals surface area contributed by atoms with Crippen molar-refractivity contribution in [3.05, 3.63) is 92.6 Å². The fourth-order valence-electron chi connectivity index (χ4n) is 4.02. The summed E-state index contributed by atoms with van der Waals surface area (Å²) in [6, 6.07) is 19.3. The van der Waals surface area contributed by atoms with Crippen LogP contribution in [0.15, 0.2) is 72.3 Å². The summed E-state index contributed by atoms with van der Waals surface area (Å²) in [6.07, 6.45) is 0. The number of aliphatic hydroxyl groups is 1. The number of thiazole rings is 1. The molecule has 1 aromatic heterocycles. The highest BCUT2D eigenvalue weighted by molar-refractivity contribution is 14.1. The van der Waals surface area contributed by atoms with Crippen LogP contribution in [0.25, 0.3) is 16.0 Å². The Kier molecular flexibility index (Phi) is 5.86. The van der Waals surface area contributed by atoms with E-state index in [9.17, 15) is 14.7 Å². The molecule has 1 aliphatic rings. The van der Waals surface area contributed by atoms with Gasteiger partial charge in [-0.3, -0.25) is 14.5 Å². The maximum absolute atomic E-state index is 13.3. The number of ketones is 1. The van der Waals surface area contributed by atoms with Crippen molar-refractivity contribution in [2.45, 2.75) is 13.0 Å². The Labute approximate surface area is 213 Å². The van der Waals surface area contributed by atoms with Crippen LogP contribution in [0.4, 0.5) is 5.13 Å². The molecular weight excluding hydrogens is 563 g/mol. The van der Waals surface area contributed by atoms with Gasteiger partial charge in [0, 0.05) is 9.13 Å². The number of Topliss-reactive ketones (excluding diaryl/α,β-unsaturated/α-hetero) is 1. The summed E-state index contributed by atoms with van der Waals surface area (Å²) < 4.78 is 7.13. The number of carbonyl (C=O) groups excluding carboxylic acids is 2. The summed E-state index contributed by atoms with van der Waals surface area (Å²) in [6.45, 7) is 1.99. The third-order valence-corrected chi connectivity index (χ3v) is 7.47. The fraction of sp³-hybridized carbons (Fsp3) is 0.115. The van der Waals surface area contributed by atoms with Crippen molar-refractivity contribution in [3.63, 3.8) is 0 Å². The maximum Gasteiger partial charge on any atom is 0.301 e. The highest BCUT2D eigenvalue weighted by atomic mass is 127. The van der Waals surface area contributed by atoms with Crippen molar-refractivity contribution in [3.8, 4) is 5.75 Å². The normalized spacial score (nSPS) is 17.5. The maximum atomic E-state index is 13.3. The molecule has 2 heterocycles. The Balaban J connectivity index is 1.71. The number of rotatable bonds is 4. The van der Waals surface area contributed by atoms with Crippen LogP contribution < -0.4 is 9.64 Å². The quantitative estimate of drug-likeness (QED) is 0.142. The lowest BCUT2D eigenvalue weighted by molar-refractivity contribution is -0.132. The second-order valence-corrected chi connectivity index (χ2v) is 10.2. The molecule has 0 radical (unpaired) electrons. The number of halogens is 1. The molecule has 0 saturated carbocycles. The third kappa shape index (κ3) is 3.86. The zero-order valence-corrected chi connectivity index (χ0v) is 21.3. The Morgan fingerprint density at radius 3 is 2.44 bits per heavy atom. The van der Waals surface area contributed by atoms with Crippen molar-refractivity contribution in [1.29, 1.82) is 0 Å². The number of hydrogen-bond acceptors (Lipinski definition) is 6. The number of carbonyl (C=O) groups is 2. The van der Waals surface area contributed by atoms with Gasteiger partial charge in [0.1, 0.15) is 11.5 Å². The van der Waals surface area contributed by atoms with E-state index in [1.165, 1.54) is 16.2 Å². The molecule has 1 unspecified atom stereocenters. The molecule has 1 N–H and O–H groups in total. The van der Waals surface area contributed by atoms with E-state index in [4.69, 9.17) is 4.74 Å². The molecule has 34 heavy (non-hydrogen) atoms. The molecule has 6 nitrogen and oxygen atoms in total. The number of ether oxygens (including phenoxy) is 1. The van der Waals surface area contributed by atoms with Crippen LogP contribution in [0, 0.1) is 10.5 Å². The number of anilines is 1. The molecule has 0 aliphatic carbocycles. The Hall–Kier alpha value is -3.24. The zero-order valence-electron chi connectivity index (χ0n) is 18.3. The molecule has 1 amide bonds. The predicted octanol–water partition coefficient (Wildman–Crippen LogP) is 5.84. The van der Waals surface area contributed by atoms with Crippen molar-refractivity contribution in [2.24, 2.45) is 0 Å². The standard InChI is InChI=1S/C26H19IN2O4S/c1-14-3-12-19-20(13-14)34-26(28-19)29-22(15-4-8-17(27)9-5-15)21(24(31)25(29)32)23(30)16-6-10-18(33-2)11-7-16/h3-13,22,30H,1-2H3/b23-21+. The molecule has 0 spiro atoms. The number of fused-ring (bicyclic) bond motifs is 1. The number of aromatic nitrogens is 1. The number of aliphatic hydroxyl groups excluding tert-OH is 1. The predicted molar refractivity (Wildman–Crippen MR) is 141 cm³/mol. The number of amides is 1. The summed E-state index contributed by atoms with van der Waals surface area (Å²) >= 11 is 3.55. The lowest BCUT2D eigenvalue weighted by atomic mass is 9.95. The monoisotopic (exact) mass is 582 g/mol. The first-order valence-corrected chi connectivity index (χ1v) is 12.3. The van der Waals surface area contributed by atoms with Gasteiger partial charge in [0.15, 0.2) is 5.13 Å². The summed E-state index contributed by atoms with van der Waals surface area (Å²) in [7, 11) is 1.55. The topological polar surface area (TPSA) is 79.7 Å². The van der Waals surface area contributed by atoms with Crippen molar-refractivity contribution >= 4 is 66.7 Å². The van der Waals surface area contributed by atoms with Crippen LogP contribution in [-0.2, 0) is 9.59 Å². The second-order valence-electron chi connectivity index (χ2n) is 7.92. The minimum atomic E-state index is -0.805. The molecule has 8 heteroatoms. The highest BCUT2D eigenvalue weighted by Crippen LogP contribution is 2.44. The average Bonchev–Trinajstić information content (AvgIpc) is 3.37. The van der Waals surface area contributed by atoms with Crippen molar-refractivity contribution < 1.29 is 19.4 Å². The first-order chi connectivity index (χ1) is 16.4. The number of aryl methyl sites for hydroxylation is 1. The minimum absolute atomic E-state index is 0.0341. The van der Waals surface area contributed by atoms with E-state index in [1.54, 1.807) is 31.4 Å². The third-order valence-electron chi connectivity index (χ3n) is 5.73. The van der Waals surface area contributed by atoms with E-state index in [1.807, 2.05) is 49.4 Å². The second kappa shape index (κ2) is 8.84. The van der Waals surface area contributed by atoms with E-state index in [-0.39, 0.29) is 11.3 Å². The smallest absolute Gasteiger partial charge is 0.301 e. The fourth-order valence-corrected chi connectivity index (χ4v) is 5.47. The first kappa shape index (κ1) is 22.5. The number of nitrogens with zero attached hydrogens (tertiary/aromatic N) is 2. The van der Waals surface area contributed by atoms with E-state index >= 15 is 0 Å². The number of benzene rings is 3. The molecule has 4 aromatic rings. The lowest BCUT2D eigenvalue weighted by Crippen LogP contribution is -2.29. The van der Waals surface area contributed by atoms with Gasteiger partial charge < -0.3 is 9.84 Å². The van der Waals surface area contributed by atoms with Gasteiger partial charge in [0.2, 0.25) is 0 Å². The van der Waals surface area contributed by atoms with Gasteiger partial charge in [0.25, 0.3) is 5.78 Å². The van der Waals surface area contributed by atoms with E-state index in [2.05, 4.69) is 27.6 Å². The molecule has 3 aromatic carbocycles. The lowest BCUT2D eigenvalue weighted by Gasteiger charge is -2.23. The SMILES string of the molecule is COc1ccc(/C(O)=C2\C(=O)C(=O)N(c3nc4ccc(C)cc4s3)C2c2ccc(I)cc2)cc1. The van der Waals surface area contributed by atoms with Crippen LogP contribution in [0.2, 0.25) is 0 Å². The van der Waals surface area contributed by atoms with Gasteiger partial charge in [0.05, 0.1) is 28.9 Å².